The summed E-state index contributed by atoms with van der Waals surface area (Å²) in [6.45, 7) is 5.06. The van der Waals surface area contributed by atoms with Crippen molar-refractivity contribution in [1.29, 1.82) is 0 Å². The van der Waals surface area contributed by atoms with Gasteiger partial charge in [0.05, 0.1) is 17.9 Å². The van der Waals surface area contributed by atoms with Crippen LogP contribution in [0.1, 0.15) is 37.8 Å². The van der Waals surface area contributed by atoms with E-state index >= 15 is 0 Å². The van der Waals surface area contributed by atoms with Crippen LogP contribution in [0.3, 0.4) is 0 Å². The third kappa shape index (κ3) is 6.88. The van der Waals surface area contributed by atoms with Crippen molar-refractivity contribution < 1.29 is 22.7 Å². The van der Waals surface area contributed by atoms with Crippen molar-refractivity contribution in [1.82, 2.24) is 5.32 Å². The second-order valence-corrected chi connectivity index (χ2v) is 6.57. The Labute approximate surface area is 163 Å². The molecule has 1 amide bonds. The first-order valence-electron chi connectivity index (χ1n) is 9.20. The number of ether oxygens (including phenoxy) is 1. The molecule has 152 valence electrons. The monoisotopic (exact) mass is 394 g/mol. The number of hydrogen-bond acceptors (Lipinski definition) is 3. The van der Waals surface area contributed by atoms with Gasteiger partial charge in [-0.2, -0.15) is 13.2 Å². The number of anilines is 1. The lowest BCUT2D eigenvalue weighted by Crippen LogP contribution is -2.30. The average molecular weight is 394 g/mol. The number of hydrogen-bond donors (Lipinski definition) is 2. The quantitative estimate of drug-likeness (QED) is 0.629. The van der Waals surface area contributed by atoms with Gasteiger partial charge in [0.15, 0.2) is 0 Å². The van der Waals surface area contributed by atoms with Crippen LogP contribution in [0.15, 0.2) is 48.5 Å². The maximum absolute atomic E-state index is 13.0. The van der Waals surface area contributed by atoms with Crippen LogP contribution >= 0.6 is 0 Å². The van der Waals surface area contributed by atoms with Crippen LogP contribution < -0.4 is 15.4 Å². The summed E-state index contributed by atoms with van der Waals surface area (Å²) >= 11 is 0. The molecule has 0 bridgehead atoms. The van der Waals surface area contributed by atoms with Gasteiger partial charge in [0.1, 0.15) is 5.75 Å². The molecule has 0 fully saturated rings. The predicted octanol–water partition coefficient (Wildman–Crippen LogP) is 5.00. The molecule has 0 spiro atoms. The Hall–Kier alpha value is -2.54. The Balaban J connectivity index is 1.83. The fourth-order valence-electron chi connectivity index (χ4n) is 2.61. The highest BCUT2D eigenvalue weighted by Gasteiger charge is 2.33. The number of rotatable bonds is 9. The van der Waals surface area contributed by atoms with E-state index in [2.05, 4.69) is 10.6 Å². The molecule has 0 saturated heterocycles. The van der Waals surface area contributed by atoms with E-state index in [0.29, 0.717) is 13.2 Å². The highest BCUT2D eigenvalue weighted by Crippen LogP contribution is 2.34. The minimum absolute atomic E-state index is 0.0594. The van der Waals surface area contributed by atoms with Crippen LogP contribution in [-0.2, 0) is 17.5 Å². The van der Waals surface area contributed by atoms with E-state index in [-0.39, 0.29) is 18.2 Å². The molecule has 0 saturated carbocycles. The first-order valence-corrected chi connectivity index (χ1v) is 9.20. The van der Waals surface area contributed by atoms with Gasteiger partial charge in [-0.3, -0.25) is 4.79 Å². The summed E-state index contributed by atoms with van der Waals surface area (Å²) in [6.07, 6.45) is -3.51. The lowest BCUT2D eigenvalue weighted by Gasteiger charge is -2.16. The third-order valence-electron chi connectivity index (χ3n) is 4.05. The summed E-state index contributed by atoms with van der Waals surface area (Å²) in [4.78, 5) is 12.1. The predicted molar refractivity (Wildman–Crippen MR) is 103 cm³/mol. The van der Waals surface area contributed by atoms with Crippen molar-refractivity contribution in [3.63, 3.8) is 0 Å². The summed E-state index contributed by atoms with van der Waals surface area (Å²) in [5, 5.41) is 5.56. The third-order valence-corrected chi connectivity index (χ3v) is 4.05. The number of amides is 1. The number of benzene rings is 2. The maximum atomic E-state index is 13.0. The molecule has 4 nitrogen and oxygen atoms in total. The molecule has 1 unspecified atom stereocenters. The summed E-state index contributed by atoms with van der Waals surface area (Å²) in [5.74, 6) is 0.335. The molecule has 2 aromatic rings. The zero-order chi connectivity index (χ0) is 20.6. The molecule has 0 aliphatic carbocycles. The van der Waals surface area contributed by atoms with Crippen LogP contribution in [0, 0.1) is 0 Å². The second kappa shape index (κ2) is 10.1. The van der Waals surface area contributed by atoms with E-state index in [1.54, 1.807) is 0 Å². The number of carbonyl (C=O) groups excluding carboxylic acids is 1. The van der Waals surface area contributed by atoms with Gasteiger partial charge in [0.2, 0.25) is 5.91 Å². The van der Waals surface area contributed by atoms with Gasteiger partial charge in [-0.15, -0.1) is 0 Å². The first-order chi connectivity index (χ1) is 13.3. The van der Waals surface area contributed by atoms with Gasteiger partial charge >= 0.3 is 6.18 Å². The van der Waals surface area contributed by atoms with Gasteiger partial charge < -0.3 is 15.4 Å². The minimum Gasteiger partial charge on any atom is -0.494 e. The van der Waals surface area contributed by atoms with Crippen LogP contribution in [-0.4, -0.2) is 18.6 Å². The van der Waals surface area contributed by atoms with Crippen LogP contribution in [0.25, 0.3) is 0 Å². The molecule has 0 radical (unpaired) electrons. The van der Waals surface area contributed by atoms with E-state index < -0.39 is 17.6 Å². The summed E-state index contributed by atoms with van der Waals surface area (Å²) in [7, 11) is 0. The van der Waals surface area contributed by atoms with Crippen molar-refractivity contribution in [2.24, 2.45) is 0 Å². The van der Waals surface area contributed by atoms with Crippen LogP contribution in [0.2, 0.25) is 0 Å². The van der Waals surface area contributed by atoms with Crippen molar-refractivity contribution in [3.05, 3.63) is 59.7 Å². The van der Waals surface area contributed by atoms with Crippen molar-refractivity contribution in [3.8, 4) is 5.75 Å². The molecule has 2 N–H and O–H groups in total. The number of alkyl halides is 3. The standard InChI is InChI=1S/C21H25F3N2O2/c1-3-12-28-17-10-8-16(9-11-17)14-25-15(2)13-20(27)26-19-7-5-4-6-18(19)21(22,23)24/h4-11,15,25H,3,12-14H2,1-2H3,(H,26,27). The van der Waals surface area contributed by atoms with Crippen LogP contribution in [0.4, 0.5) is 18.9 Å². The Morgan fingerprint density at radius 3 is 2.43 bits per heavy atom. The molecule has 0 heterocycles. The average Bonchev–Trinajstić information content (AvgIpc) is 2.65. The minimum atomic E-state index is -4.51. The first kappa shape index (κ1) is 21.8. The van der Waals surface area contributed by atoms with Gasteiger partial charge in [-0.25, -0.2) is 0 Å². The highest BCUT2D eigenvalue weighted by atomic mass is 19.4. The lowest BCUT2D eigenvalue weighted by atomic mass is 10.1. The summed E-state index contributed by atoms with van der Waals surface area (Å²) in [5.41, 5.74) is -0.0530. The number of para-hydroxylation sites is 1. The van der Waals surface area contributed by atoms with E-state index in [4.69, 9.17) is 4.74 Å². The van der Waals surface area contributed by atoms with E-state index in [1.807, 2.05) is 38.1 Å². The Morgan fingerprint density at radius 2 is 1.79 bits per heavy atom. The maximum Gasteiger partial charge on any atom is 0.418 e. The molecule has 7 heteroatoms. The molecule has 0 aromatic heterocycles. The molecule has 0 aliphatic rings. The number of halogens is 3. The number of nitrogens with one attached hydrogen (secondary N) is 2. The number of carbonyl (C=O) groups is 1. The van der Waals surface area contributed by atoms with E-state index in [9.17, 15) is 18.0 Å². The molecule has 28 heavy (non-hydrogen) atoms. The summed E-state index contributed by atoms with van der Waals surface area (Å²) < 4.78 is 44.5. The van der Waals surface area contributed by atoms with Gasteiger partial charge in [-0.05, 0) is 43.2 Å². The zero-order valence-electron chi connectivity index (χ0n) is 16.0. The van der Waals surface area contributed by atoms with Crippen molar-refractivity contribution in [2.45, 2.75) is 45.5 Å². The molecular weight excluding hydrogens is 369 g/mol. The summed E-state index contributed by atoms with van der Waals surface area (Å²) in [6, 6.07) is 12.4. The van der Waals surface area contributed by atoms with Crippen molar-refractivity contribution in [2.75, 3.05) is 11.9 Å². The lowest BCUT2D eigenvalue weighted by molar-refractivity contribution is -0.137. The Bertz CT molecular complexity index is 761. The molecule has 0 aliphatic heterocycles. The zero-order valence-corrected chi connectivity index (χ0v) is 16.0. The normalized spacial score (nSPS) is 12.5. The smallest absolute Gasteiger partial charge is 0.418 e. The molecule has 1 atom stereocenters. The van der Waals surface area contributed by atoms with E-state index in [0.717, 1.165) is 23.8 Å². The molecule has 2 aromatic carbocycles. The highest BCUT2D eigenvalue weighted by molar-refractivity contribution is 5.92. The fraction of sp³-hybridized carbons (Fsp3) is 0.381. The topological polar surface area (TPSA) is 50.4 Å². The second-order valence-electron chi connectivity index (χ2n) is 6.57. The van der Waals surface area contributed by atoms with Gasteiger partial charge in [0.25, 0.3) is 0 Å². The Kier molecular flexibility index (Phi) is 7.87. The SMILES string of the molecule is CCCOc1ccc(CNC(C)CC(=O)Nc2ccccc2C(F)(F)F)cc1. The van der Waals surface area contributed by atoms with Crippen molar-refractivity contribution >= 4 is 11.6 Å². The van der Waals surface area contributed by atoms with Crippen LogP contribution in [0.5, 0.6) is 5.75 Å². The largest absolute Gasteiger partial charge is 0.494 e. The molecular formula is C21H25F3N2O2. The molecule has 2 rings (SSSR count). The Morgan fingerprint density at radius 1 is 1.11 bits per heavy atom. The fourth-order valence-corrected chi connectivity index (χ4v) is 2.61. The van der Waals surface area contributed by atoms with E-state index in [1.165, 1.54) is 18.2 Å². The van der Waals surface area contributed by atoms with Gasteiger partial charge in [0, 0.05) is 19.0 Å². The van der Waals surface area contributed by atoms with Gasteiger partial charge in [-0.1, -0.05) is 31.2 Å².